The standard InChI is InChI=1S/C29H50O7/c1-3-5-6-7-8-9-10-11-28-12-14-29(15-13-28)36-27-26-35-25-24-34-23-22-33-21-20-32-19-18-31-17-16-30-4-2/h4,12-15H,2-3,5-11,16-27H2,1H3. The molecule has 0 heterocycles. The summed E-state index contributed by atoms with van der Waals surface area (Å²) in [5.74, 6) is 0.893. The Bertz CT molecular complexity index is 579. The Morgan fingerprint density at radius 3 is 1.50 bits per heavy atom. The molecule has 0 aliphatic rings. The molecule has 0 amide bonds. The number of aryl methyl sites for hydroxylation is 1. The van der Waals surface area contributed by atoms with Crippen molar-refractivity contribution in [1.29, 1.82) is 0 Å². The van der Waals surface area contributed by atoms with Crippen LogP contribution in [0, 0.1) is 0 Å². The maximum absolute atomic E-state index is 5.76. The molecule has 1 aromatic carbocycles. The summed E-state index contributed by atoms with van der Waals surface area (Å²) in [5.41, 5.74) is 1.39. The van der Waals surface area contributed by atoms with Crippen molar-refractivity contribution in [3.63, 3.8) is 0 Å². The fourth-order valence-electron chi connectivity index (χ4n) is 3.43. The summed E-state index contributed by atoms with van der Waals surface area (Å²) in [6.45, 7) is 12.2. The van der Waals surface area contributed by atoms with Crippen LogP contribution >= 0.6 is 0 Å². The van der Waals surface area contributed by atoms with E-state index in [-0.39, 0.29) is 0 Å². The van der Waals surface area contributed by atoms with Gasteiger partial charge in [0.25, 0.3) is 0 Å². The van der Waals surface area contributed by atoms with Crippen molar-refractivity contribution in [3.8, 4) is 5.75 Å². The zero-order chi connectivity index (χ0) is 25.8. The summed E-state index contributed by atoms with van der Waals surface area (Å²) in [6.07, 6.45) is 12.0. The average Bonchev–Trinajstić information content (AvgIpc) is 2.90. The van der Waals surface area contributed by atoms with E-state index in [1.807, 2.05) is 0 Å². The molecule has 0 unspecified atom stereocenters. The van der Waals surface area contributed by atoms with E-state index in [9.17, 15) is 0 Å². The van der Waals surface area contributed by atoms with Crippen LogP contribution in [0.15, 0.2) is 37.1 Å². The van der Waals surface area contributed by atoms with Crippen molar-refractivity contribution in [2.45, 2.75) is 58.3 Å². The number of unbranched alkanes of at least 4 members (excludes halogenated alkanes) is 6. The van der Waals surface area contributed by atoms with Crippen LogP contribution in [0.25, 0.3) is 0 Å². The van der Waals surface area contributed by atoms with Crippen molar-refractivity contribution >= 4 is 0 Å². The first-order valence-corrected chi connectivity index (χ1v) is 13.7. The van der Waals surface area contributed by atoms with Gasteiger partial charge in [0.05, 0.1) is 72.3 Å². The molecule has 0 aliphatic heterocycles. The van der Waals surface area contributed by atoms with Gasteiger partial charge in [0.15, 0.2) is 0 Å². The Balaban J connectivity index is 1.80. The minimum atomic E-state index is 0.513. The quantitative estimate of drug-likeness (QED) is 0.107. The minimum absolute atomic E-state index is 0.513. The van der Waals surface area contributed by atoms with Gasteiger partial charge in [-0.05, 0) is 30.5 Å². The van der Waals surface area contributed by atoms with Crippen molar-refractivity contribution in [1.82, 2.24) is 0 Å². The van der Waals surface area contributed by atoms with Crippen molar-refractivity contribution in [3.05, 3.63) is 42.7 Å². The molecule has 36 heavy (non-hydrogen) atoms. The Labute approximate surface area is 219 Å². The second-order valence-corrected chi connectivity index (χ2v) is 8.46. The summed E-state index contributed by atoms with van der Waals surface area (Å²) >= 11 is 0. The molecule has 1 rings (SSSR count). The van der Waals surface area contributed by atoms with E-state index in [0.717, 1.165) is 12.2 Å². The van der Waals surface area contributed by atoms with Gasteiger partial charge < -0.3 is 33.2 Å². The number of hydrogen-bond donors (Lipinski definition) is 0. The molecule has 0 spiro atoms. The third-order valence-electron chi connectivity index (χ3n) is 5.44. The number of benzene rings is 1. The molecule has 208 valence electrons. The van der Waals surface area contributed by atoms with Gasteiger partial charge in [0.1, 0.15) is 19.0 Å². The van der Waals surface area contributed by atoms with Crippen LogP contribution in [-0.2, 0) is 34.8 Å². The zero-order valence-electron chi connectivity index (χ0n) is 22.6. The van der Waals surface area contributed by atoms with Crippen molar-refractivity contribution < 1.29 is 33.2 Å². The van der Waals surface area contributed by atoms with Crippen LogP contribution in [0.5, 0.6) is 5.75 Å². The molecule has 1 aromatic rings. The van der Waals surface area contributed by atoms with E-state index < -0.39 is 0 Å². The van der Waals surface area contributed by atoms with Crippen LogP contribution < -0.4 is 4.74 Å². The van der Waals surface area contributed by atoms with Crippen LogP contribution in [0.4, 0.5) is 0 Å². The summed E-state index contributed by atoms with van der Waals surface area (Å²) in [7, 11) is 0. The molecule has 0 aliphatic carbocycles. The minimum Gasteiger partial charge on any atom is -0.499 e. The first-order valence-electron chi connectivity index (χ1n) is 13.7. The molecule has 0 saturated carbocycles. The molecule has 0 aromatic heterocycles. The van der Waals surface area contributed by atoms with E-state index >= 15 is 0 Å². The molecule has 0 saturated heterocycles. The fourth-order valence-corrected chi connectivity index (χ4v) is 3.43. The SMILES string of the molecule is C=COCCOCCOCCOCCOCCOCCOc1ccc(CCCCCCCCC)cc1. The molecule has 0 fully saturated rings. The molecule has 7 heteroatoms. The molecule has 0 radical (unpaired) electrons. The van der Waals surface area contributed by atoms with E-state index in [1.54, 1.807) is 0 Å². The molecule has 0 N–H and O–H groups in total. The zero-order valence-corrected chi connectivity index (χ0v) is 22.6. The van der Waals surface area contributed by atoms with Gasteiger partial charge in [0.2, 0.25) is 0 Å². The van der Waals surface area contributed by atoms with Gasteiger partial charge in [-0.15, -0.1) is 0 Å². The van der Waals surface area contributed by atoms with E-state index in [4.69, 9.17) is 33.2 Å². The molecule has 0 bridgehead atoms. The summed E-state index contributed by atoms with van der Waals surface area (Å²) in [5, 5.41) is 0. The maximum Gasteiger partial charge on any atom is 0.119 e. The van der Waals surface area contributed by atoms with Crippen molar-refractivity contribution in [2.75, 3.05) is 79.3 Å². The van der Waals surface area contributed by atoms with E-state index in [1.165, 1.54) is 56.8 Å². The maximum atomic E-state index is 5.76. The van der Waals surface area contributed by atoms with Crippen LogP contribution in [-0.4, -0.2) is 79.3 Å². The topological polar surface area (TPSA) is 64.6 Å². The Hall–Kier alpha value is -1.64. The summed E-state index contributed by atoms with van der Waals surface area (Å²) in [4.78, 5) is 0. The Morgan fingerprint density at radius 1 is 0.556 bits per heavy atom. The van der Waals surface area contributed by atoms with E-state index in [0.29, 0.717) is 79.3 Å². The molecule has 7 nitrogen and oxygen atoms in total. The predicted molar refractivity (Wildman–Crippen MR) is 144 cm³/mol. The Morgan fingerprint density at radius 2 is 1.00 bits per heavy atom. The van der Waals surface area contributed by atoms with Gasteiger partial charge in [-0.1, -0.05) is 64.2 Å². The third-order valence-corrected chi connectivity index (χ3v) is 5.44. The highest BCUT2D eigenvalue weighted by Crippen LogP contribution is 2.15. The lowest BCUT2D eigenvalue weighted by molar-refractivity contribution is -0.0150. The predicted octanol–water partition coefficient (Wildman–Crippen LogP) is 5.60. The average molecular weight is 511 g/mol. The van der Waals surface area contributed by atoms with E-state index in [2.05, 4.69) is 37.8 Å². The molecule has 0 atom stereocenters. The second-order valence-electron chi connectivity index (χ2n) is 8.46. The van der Waals surface area contributed by atoms with Crippen LogP contribution in [0.2, 0.25) is 0 Å². The largest absolute Gasteiger partial charge is 0.499 e. The summed E-state index contributed by atoms with van der Waals surface area (Å²) < 4.78 is 37.9. The lowest BCUT2D eigenvalue weighted by atomic mass is 10.0. The highest BCUT2D eigenvalue weighted by molar-refractivity contribution is 5.27. The number of rotatable bonds is 28. The normalized spacial score (nSPS) is 11.0. The fraction of sp³-hybridized carbons (Fsp3) is 0.724. The lowest BCUT2D eigenvalue weighted by Gasteiger charge is -2.09. The van der Waals surface area contributed by atoms with Crippen LogP contribution in [0.3, 0.4) is 0 Å². The smallest absolute Gasteiger partial charge is 0.119 e. The van der Waals surface area contributed by atoms with Gasteiger partial charge >= 0.3 is 0 Å². The first kappa shape index (κ1) is 32.4. The second kappa shape index (κ2) is 26.4. The van der Waals surface area contributed by atoms with Crippen LogP contribution in [0.1, 0.15) is 57.4 Å². The number of ether oxygens (including phenoxy) is 7. The monoisotopic (exact) mass is 510 g/mol. The van der Waals surface area contributed by atoms with Gasteiger partial charge in [0, 0.05) is 0 Å². The Kier molecular flexibility index (Phi) is 23.8. The van der Waals surface area contributed by atoms with Gasteiger partial charge in [-0.3, -0.25) is 0 Å². The van der Waals surface area contributed by atoms with Gasteiger partial charge in [-0.25, -0.2) is 0 Å². The molecular formula is C29H50O7. The highest BCUT2D eigenvalue weighted by Gasteiger charge is 1.98. The third kappa shape index (κ3) is 21.6. The molecular weight excluding hydrogens is 460 g/mol. The van der Waals surface area contributed by atoms with Crippen molar-refractivity contribution in [2.24, 2.45) is 0 Å². The lowest BCUT2D eigenvalue weighted by Crippen LogP contribution is -2.14. The van der Waals surface area contributed by atoms with Gasteiger partial charge in [-0.2, -0.15) is 0 Å². The summed E-state index contributed by atoms with van der Waals surface area (Å²) in [6, 6.07) is 8.46. The number of hydrogen-bond acceptors (Lipinski definition) is 7. The highest BCUT2D eigenvalue weighted by atomic mass is 16.6. The first-order chi connectivity index (χ1) is 17.9.